The molecule has 0 heterocycles. The molecule has 0 aromatic heterocycles. The number of hydrogen-bond acceptors (Lipinski definition) is 4. The van der Waals surface area contributed by atoms with Gasteiger partial charge in [0.1, 0.15) is 6.04 Å². The van der Waals surface area contributed by atoms with Crippen LogP contribution in [0, 0.1) is 5.92 Å². The van der Waals surface area contributed by atoms with Gasteiger partial charge in [0.25, 0.3) is 0 Å². The maximum absolute atomic E-state index is 11.5. The SMILES string of the molecule is CC(C)OC(=O)NCCC(=O)NC(C(=O)O)C(C)C. The van der Waals surface area contributed by atoms with Gasteiger partial charge in [-0.15, -0.1) is 0 Å². The highest BCUT2D eigenvalue weighted by Crippen LogP contribution is 2.01. The first kappa shape index (κ1) is 17.2. The highest BCUT2D eigenvalue weighted by molar-refractivity contribution is 5.84. The van der Waals surface area contributed by atoms with Crippen molar-refractivity contribution < 1.29 is 24.2 Å². The summed E-state index contributed by atoms with van der Waals surface area (Å²) in [5.41, 5.74) is 0. The molecule has 0 aliphatic heterocycles. The van der Waals surface area contributed by atoms with Crippen LogP contribution in [0.25, 0.3) is 0 Å². The van der Waals surface area contributed by atoms with Gasteiger partial charge in [-0.25, -0.2) is 9.59 Å². The molecule has 7 heteroatoms. The van der Waals surface area contributed by atoms with Crippen molar-refractivity contribution in [1.82, 2.24) is 10.6 Å². The number of nitrogens with one attached hydrogen (secondary N) is 2. The molecule has 2 amide bonds. The van der Waals surface area contributed by atoms with Crippen molar-refractivity contribution in [2.75, 3.05) is 6.54 Å². The summed E-state index contributed by atoms with van der Waals surface area (Å²) in [5, 5.41) is 13.7. The minimum absolute atomic E-state index is 0.00367. The molecule has 0 saturated heterocycles. The number of carboxylic acid groups (broad SMARTS) is 1. The zero-order chi connectivity index (χ0) is 15.0. The van der Waals surface area contributed by atoms with Crippen LogP contribution in [0.1, 0.15) is 34.1 Å². The summed E-state index contributed by atoms with van der Waals surface area (Å²) in [6.45, 7) is 6.94. The molecule has 1 unspecified atom stereocenters. The van der Waals surface area contributed by atoms with E-state index in [9.17, 15) is 14.4 Å². The van der Waals surface area contributed by atoms with Gasteiger partial charge in [0, 0.05) is 13.0 Å². The molecule has 0 saturated carbocycles. The lowest BCUT2D eigenvalue weighted by atomic mass is 10.0. The molecule has 3 N–H and O–H groups in total. The van der Waals surface area contributed by atoms with Gasteiger partial charge in [-0.05, 0) is 19.8 Å². The van der Waals surface area contributed by atoms with Gasteiger partial charge in [0.05, 0.1) is 6.10 Å². The number of carbonyl (C=O) groups is 3. The quantitative estimate of drug-likeness (QED) is 0.635. The molecule has 110 valence electrons. The molecule has 0 rings (SSSR count). The van der Waals surface area contributed by atoms with Crippen LogP contribution in [0.15, 0.2) is 0 Å². The lowest BCUT2D eigenvalue weighted by Gasteiger charge is -2.17. The smallest absolute Gasteiger partial charge is 0.407 e. The molecule has 7 nitrogen and oxygen atoms in total. The summed E-state index contributed by atoms with van der Waals surface area (Å²) in [6, 6.07) is -0.921. The van der Waals surface area contributed by atoms with E-state index in [-0.39, 0.29) is 25.0 Å². The standard InChI is InChI=1S/C12H22N2O5/c1-7(2)10(11(16)17)14-9(15)5-6-13-12(18)19-8(3)4/h7-8,10H,5-6H2,1-4H3,(H,13,18)(H,14,15)(H,16,17). The van der Waals surface area contributed by atoms with Gasteiger partial charge in [0.15, 0.2) is 0 Å². The molecule has 0 radical (unpaired) electrons. The molecule has 0 aliphatic rings. The molecular weight excluding hydrogens is 252 g/mol. The molecule has 0 spiro atoms. The average Bonchev–Trinajstić information content (AvgIpc) is 2.23. The van der Waals surface area contributed by atoms with Crippen molar-refractivity contribution in [2.45, 2.75) is 46.3 Å². The Morgan fingerprint density at radius 3 is 2.16 bits per heavy atom. The summed E-state index contributed by atoms with van der Waals surface area (Å²) >= 11 is 0. The van der Waals surface area contributed by atoms with E-state index >= 15 is 0 Å². The van der Waals surface area contributed by atoms with E-state index < -0.39 is 24.0 Å². The van der Waals surface area contributed by atoms with Gasteiger partial charge in [-0.1, -0.05) is 13.8 Å². The second kappa shape index (κ2) is 8.34. The minimum Gasteiger partial charge on any atom is -0.480 e. The predicted octanol–water partition coefficient (Wildman–Crippen LogP) is 0.737. The molecular formula is C12H22N2O5. The Kier molecular flexibility index (Phi) is 7.55. The maximum atomic E-state index is 11.5. The van der Waals surface area contributed by atoms with Gasteiger partial charge in [-0.3, -0.25) is 4.79 Å². The third-order valence-electron chi connectivity index (χ3n) is 2.21. The topological polar surface area (TPSA) is 105 Å². The Morgan fingerprint density at radius 2 is 1.74 bits per heavy atom. The largest absolute Gasteiger partial charge is 0.480 e. The summed E-state index contributed by atoms with van der Waals surface area (Å²) in [7, 11) is 0. The predicted molar refractivity (Wildman–Crippen MR) is 68.6 cm³/mol. The van der Waals surface area contributed by atoms with Crippen molar-refractivity contribution >= 4 is 18.0 Å². The minimum atomic E-state index is -1.07. The zero-order valence-corrected chi connectivity index (χ0v) is 11.7. The lowest BCUT2D eigenvalue weighted by molar-refractivity contribution is -0.143. The Bertz CT molecular complexity index is 328. The Hall–Kier alpha value is -1.79. The number of alkyl carbamates (subject to hydrolysis) is 1. The first-order valence-electron chi connectivity index (χ1n) is 6.20. The molecule has 0 aliphatic carbocycles. The molecule has 0 aromatic rings. The second-order valence-corrected chi connectivity index (χ2v) is 4.76. The lowest BCUT2D eigenvalue weighted by Crippen LogP contribution is -2.45. The number of aliphatic carboxylic acids is 1. The number of carbonyl (C=O) groups excluding carboxylic acids is 2. The molecule has 0 aromatic carbocycles. The first-order chi connectivity index (χ1) is 8.73. The van der Waals surface area contributed by atoms with E-state index in [0.717, 1.165) is 0 Å². The zero-order valence-electron chi connectivity index (χ0n) is 11.7. The monoisotopic (exact) mass is 274 g/mol. The summed E-state index contributed by atoms with van der Waals surface area (Å²) < 4.78 is 4.81. The summed E-state index contributed by atoms with van der Waals surface area (Å²) in [4.78, 5) is 33.5. The van der Waals surface area contributed by atoms with Crippen LogP contribution in [-0.2, 0) is 14.3 Å². The van der Waals surface area contributed by atoms with Crippen molar-refractivity contribution in [3.63, 3.8) is 0 Å². The fourth-order valence-corrected chi connectivity index (χ4v) is 1.29. The van der Waals surface area contributed by atoms with Crippen LogP contribution < -0.4 is 10.6 Å². The van der Waals surface area contributed by atoms with Gasteiger partial charge >= 0.3 is 12.1 Å². The van der Waals surface area contributed by atoms with Crippen molar-refractivity contribution in [2.24, 2.45) is 5.92 Å². The van der Waals surface area contributed by atoms with E-state index in [1.54, 1.807) is 27.7 Å². The highest BCUT2D eigenvalue weighted by Gasteiger charge is 2.23. The third kappa shape index (κ3) is 8.01. The first-order valence-corrected chi connectivity index (χ1v) is 6.20. The number of carboxylic acids is 1. The van der Waals surface area contributed by atoms with Gasteiger partial charge in [0.2, 0.25) is 5.91 Å². The molecule has 1 atom stereocenters. The van der Waals surface area contributed by atoms with Crippen LogP contribution in [0.4, 0.5) is 4.79 Å². The molecule has 19 heavy (non-hydrogen) atoms. The fourth-order valence-electron chi connectivity index (χ4n) is 1.29. The van der Waals surface area contributed by atoms with E-state index in [4.69, 9.17) is 9.84 Å². The Balaban J connectivity index is 3.99. The van der Waals surface area contributed by atoms with Crippen LogP contribution in [0.3, 0.4) is 0 Å². The number of hydrogen-bond donors (Lipinski definition) is 3. The number of amides is 2. The second-order valence-electron chi connectivity index (χ2n) is 4.76. The summed E-state index contributed by atoms with van der Waals surface area (Å²) in [5.74, 6) is -1.71. The number of rotatable bonds is 7. The average molecular weight is 274 g/mol. The van der Waals surface area contributed by atoms with Crippen LogP contribution in [-0.4, -0.2) is 41.8 Å². The molecule has 0 fully saturated rings. The normalized spacial score (nSPS) is 12.1. The van der Waals surface area contributed by atoms with Crippen LogP contribution >= 0.6 is 0 Å². The van der Waals surface area contributed by atoms with Crippen molar-refractivity contribution in [3.8, 4) is 0 Å². The van der Waals surface area contributed by atoms with Crippen molar-refractivity contribution in [1.29, 1.82) is 0 Å². The van der Waals surface area contributed by atoms with Gasteiger partial charge < -0.3 is 20.5 Å². The Labute approximate surface area is 112 Å². The van der Waals surface area contributed by atoms with Crippen LogP contribution in [0.2, 0.25) is 0 Å². The van der Waals surface area contributed by atoms with Crippen LogP contribution in [0.5, 0.6) is 0 Å². The van der Waals surface area contributed by atoms with E-state index in [1.165, 1.54) is 0 Å². The maximum Gasteiger partial charge on any atom is 0.407 e. The number of ether oxygens (including phenoxy) is 1. The third-order valence-corrected chi connectivity index (χ3v) is 2.21. The highest BCUT2D eigenvalue weighted by atomic mass is 16.6. The Morgan fingerprint density at radius 1 is 1.16 bits per heavy atom. The van der Waals surface area contributed by atoms with Crippen molar-refractivity contribution in [3.05, 3.63) is 0 Å². The van der Waals surface area contributed by atoms with E-state index in [1.807, 2.05) is 0 Å². The molecule has 0 bridgehead atoms. The summed E-state index contributed by atoms with van der Waals surface area (Å²) in [6.07, 6.45) is -0.823. The van der Waals surface area contributed by atoms with Gasteiger partial charge in [-0.2, -0.15) is 0 Å². The van der Waals surface area contributed by atoms with E-state index in [2.05, 4.69) is 10.6 Å². The fraction of sp³-hybridized carbons (Fsp3) is 0.750. The van der Waals surface area contributed by atoms with E-state index in [0.29, 0.717) is 0 Å².